The Labute approximate surface area is 123 Å². The van der Waals surface area contributed by atoms with E-state index in [4.69, 9.17) is 0 Å². The van der Waals surface area contributed by atoms with E-state index in [9.17, 15) is 0 Å². The average molecular weight is 273 g/mol. The Morgan fingerprint density at radius 3 is 2.50 bits per heavy atom. The van der Waals surface area contributed by atoms with Gasteiger partial charge < -0.3 is 10.2 Å². The normalized spacial score (nSPS) is 21.1. The van der Waals surface area contributed by atoms with Crippen molar-refractivity contribution in [2.45, 2.75) is 32.7 Å². The summed E-state index contributed by atoms with van der Waals surface area (Å²) in [5.74, 6) is 0. The highest BCUT2D eigenvalue weighted by molar-refractivity contribution is 5.55. The van der Waals surface area contributed by atoms with E-state index < -0.39 is 0 Å². The molecule has 2 aliphatic heterocycles. The first-order valence-electron chi connectivity index (χ1n) is 8.10. The molecule has 3 heteroatoms. The van der Waals surface area contributed by atoms with E-state index in [1.54, 1.807) is 0 Å². The lowest BCUT2D eigenvalue weighted by molar-refractivity contribution is 0.233. The molecular formula is C17H27N3. The van der Waals surface area contributed by atoms with Crippen molar-refractivity contribution in [3.63, 3.8) is 0 Å². The Hall–Kier alpha value is -1.06. The second kappa shape index (κ2) is 6.59. The van der Waals surface area contributed by atoms with Gasteiger partial charge in [-0.3, -0.25) is 4.90 Å². The summed E-state index contributed by atoms with van der Waals surface area (Å²) in [7, 11) is 0. The molecule has 1 N–H and O–H groups in total. The molecule has 0 aliphatic carbocycles. The quantitative estimate of drug-likeness (QED) is 0.912. The lowest BCUT2D eigenvalue weighted by Gasteiger charge is -2.33. The number of hydrogen-bond donors (Lipinski definition) is 1. The summed E-state index contributed by atoms with van der Waals surface area (Å²) in [6, 6.07) is 7.01. The topological polar surface area (TPSA) is 18.5 Å². The van der Waals surface area contributed by atoms with Gasteiger partial charge >= 0.3 is 0 Å². The molecule has 0 unspecified atom stereocenters. The van der Waals surface area contributed by atoms with Gasteiger partial charge in [-0.15, -0.1) is 0 Å². The van der Waals surface area contributed by atoms with Crippen LogP contribution in [0.25, 0.3) is 0 Å². The zero-order valence-electron chi connectivity index (χ0n) is 12.7. The van der Waals surface area contributed by atoms with Crippen LogP contribution in [0.3, 0.4) is 0 Å². The molecule has 0 amide bonds. The third kappa shape index (κ3) is 3.33. The van der Waals surface area contributed by atoms with Crippen molar-refractivity contribution >= 4 is 5.69 Å². The summed E-state index contributed by atoms with van der Waals surface area (Å²) in [6.07, 6.45) is 4.09. The number of rotatable bonds is 3. The molecule has 0 aromatic heterocycles. The fraction of sp³-hybridized carbons (Fsp3) is 0.647. The minimum absolute atomic E-state index is 1.11. The molecule has 2 saturated heterocycles. The minimum atomic E-state index is 1.11. The Kier molecular flexibility index (Phi) is 4.58. The minimum Gasteiger partial charge on any atom is -0.371 e. The van der Waals surface area contributed by atoms with Crippen LogP contribution < -0.4 is 10.2 Å². The maximum atomic E-state index is 3.44. The molecule has 1 aromatic carbocycles. The van der Waals surface area contributed by atoms with Crippen LogP contribution in [-0.2, 0) is 6.54 Å². The van der Waals surface area contributed by atoms with Crippen molar-refractivity contribution in [2.75, 3.05) is 44.2 Å². The number of hydrogen-bond acceptors (Lipinski definition) is 3. The van der Waals surface area contributed by atoms with E-state index in [-0.39, 0.29) is 0 Å². The van der Waals surface area contributed by atoms with E-state index in [1.807, 2.05) is 0 Å². The largest absolute Gasteiger partial charge is 0.371 e. The smallest absolute Gasteiger partial charge is 0.0412 e. The SMILES string of the molecule is Cc1ccc(N2CCCCC2)c(CN2CCNCC2)c1. The second-order valence-corrected chi connectivity index (χ2v) is 6.21. The van der Waals surface area contributed by atoms with Crippen molar-refractivity contribution in [2.24, 2.45) is 0 Å². The number of anilines is 1. The van der Waals surface area contributed by atoms with E-state index in [0.29, 0.717) is 0 Å². The van der Waals surface area contributed by atoms with Crippen LogP contribution in [0.1, 0.15) is 30.4 Å². The molecule has 1 aromatic rings. The molecule has 0 radical (unpaired) electrons. The monoisotopic (exact) mass is 273 g/mol. The van der Waals surface area contributed by atoms with Crippen LogP contribution in [0.5, 0.6) is 0 Å². The van der Waals surface area contributed by atoms with E-state index >= 15 is 0 Å². The van der Waals surface area contributed by atoms with Gasteiger partial charge in [0.25, 0.3) is 0 Å². The van der Waals surface area contributed by atoms with Gasteiger partial charge in [0.15, 0.2) is 0 Å². The fourth-order valence-electron chi connectivity index (χ4n) is 3.39. The lowest BCUT2D eigenvalue weighted by atomic mass is 10.0. The number of benzene rings is 1. The van der Waals surface area contributed by atoms with Crippen molar-refractivity contribution in [1.29, 1.82) is 0 Å². The number of piperidine rings is 1. The maximum absolute atomic E-state index is 3.44. The van der Waals surface area contributed by atoms with Crippen LogP contribution in [0.4, 0.5) is 5.69 Å². The number of nitrogens with one attached hydrogen (secondary N) is 1. The zero-order valence-corrected chi connectivity index (χ0v) is 12.7. The molecule has 20 heavy (non-hydrogen) atoms. The highest BCUT2D eigenvalue weighted by atomic mass is 15.2. The second-order valence-electron chi connectivity index (χ2n) is 6.21. The first-order chi connectivity index (χ1) is 9.83. The molecule has 0 saturated carbocycles. The van der Waals surface area contributed by atoms with Crippen molar-refractivity contribution in [3.05, 3.63) is 29.3 Å². The molecule has 3 rings (SSSR count). The predicted octanol–water partition coefficient (Wildman–Crippen LogP) is 2.39. The highest BCUT2D eigenvalue weighted by Crippen LogP contribution is 2.26. The fourth-order valence-corrected chi connectivity index (χ4v) is 3.39. The van der Waals surface area contributed by atoms with Crippen molar-refractivity contribution in [3.8, 4) is 0 Å². The van der Waals surface area contributed by atoms with Crippen LogP contribution in [0.2, 0.25) is 0 Å². The lowest BCUT2D eigenvalue weighted by Crippen LogP contribution is -2.43. The van der Waals surface area contributed by atoms with Gasteiger partial charge in [-0.05, 0) is 37.8 Å². The summed E-state index contributed by atoms with van der Waals surface area (Å²) >= 11 is 0. The highest BCUT2D eigenvalue weighted by Gasteiger charge is 2.17. The summed E-state index contributed by atoms with van der Waals surface area (Å²) in [5, 5.41) is 3.44. The molecule has 0 bridgehead atoms. The van der Waals surface area contributed by atoms with E-state index in [2.05, 4.69) is 40.2 Å². The van der Waals surface area contributed by atoms with Crippen molar-refractivity contribution in [1.82, 2.24) is 10.2 Å². The zero-order chi connectivity index (χ0) is 13.8. The summed E-state index contributed by atoms with van der Waals surface area (Å²) in [4.78, 5) is 5.18. The number of nitrogens with zero attached hydrogens (tertiary/aromatic N) is 2. The molecule has 3 nitrogen and oxygen atoms in total. The van der Waals surface area contributed by atoms with Gasteiger partial charge in [-0.1, -0.05) is 17.7 Å². The van der Waals surface area contributed by atoms with Gasteiger partial charge in [0.1, 0.15) is 0 Å². The Morgan fingerprint density at radius 1 is 1.00 bits per heavy atom. The maximum Gasteiger partial charge on any atom is 0.0412 e. The van der Waals surface area contributed by atoms with Crippen LogP contribution in [0, 0.1) is 6.92 Å². The summed E-state index contributed by atoms with van der Waals surface area (Å²) < 4.78 is 0. The first kappa shape index (κ1) is 13.9. The van der Waals surface area contributed by atoms with E-state index in [0.717, 1.165) is 19.6 Å². The van der Waals surface area contributed by atoms with Crippen LogP contribution in [0.15, 0.2) is 18.2 Å². The molecule has 0 atom stereocenters. The molecule has 2 fully saturated rings. The standard InChI is InChI=1S/C17H27N3/c1-15-5-6-17(20-9-3-2-4-10-20)16(13-15)14-19-11-7-18-8-12-19/h5-6,13,18H,2-4,7-12,14H2,1H3. The summed E-state index contributed by atoms with van der Waals surface area (Å²) in [5.41, 5.74) is 4.39. The Morgan fingerprint density at radius 2 is 1.75 bits per heavy atom. The van der Waals surface area contributed by atoms with Crippen LogP contribution >= 0.6 is 0 Å². The Balaban J connectivity index is 1.77. The van der Waals surface area contributed by atoms with Gasteiger partial charge in [0.05, 0.1) is 0 Å². The number of piperazine rings is 1. The Bertz CT molecular complexity index is 432. The molecule has 0 spiro atoms. The predicted molar refractivity (Wildman–Crippen MR) is 85.4 cm³/mol. The van der Waals surface area contributed by atoms with Gasteiger partial charge in [0.2, 0.25) is 0 Å². The number of aryl methyl sites for hydroxylation is 1. The van der Waals surface area contributed by atoms with Gasteiger partial charge in [-0.2, -0.15) is 0 Å². The van der Waals surface area contributed by atoms with Crippen molar-refractivity contribution < 1.29 is 0 Å². The molecule has 110 valence electrons. The molecule has 2 heterocycles. The molecular weight excluding hydrogens is 246 g/mol. The van der Waals surface area contributed by atoms with Crippen LogP contribution in [-0.4, -0.2) is 44.2 Å². The molecule has 2 aliphatic rings. The first-order valence-corrected chi connectivity index (χ1v) is 8.10. The summed E-state index contributed by atoms with van der Waals surface area (Å²) in [6.45, 7) is 10.4. The van der Waals surface area contributed by atoms with Gasteiger partial charge in [-0.25, -0.2) is 0 Å². The third-order valence-corrected chi connectivity index (χ3v) is 4.54. The average Bonchev–Trinajstić information content (AvgIpc) is 2.49. The third-order valence-electron chi connectivity index (χ3n) is 4.54. The van der Waals surface area contributed by atoms with Gasteiger partial charge in [0, 0.05) is 51.5 Å². The van der Waals surface area contributed by atoms with E-state index in [1.165, 1.54) is 62.3 Å².